The van der Waals surface area contributed by atoms with Crippen molar-refractivity contribution in [2.24, 2.45) is 0 Å². The fourth-order valence-corrected chi connectivity index (χ4v) is 2.83. The van der Waals surface area contributed by atoms with Gasteiger partial charge in [-0.25, -0.2) is 0 Å². The molecule has 110 valence electrons. The maximum absolute atomic E-state index is 12.6. The molecule has 22 heavy (non-hydrogen) atoms. The van der Waals surface area contributed by atoms with Crippen molar-refractivity contribution < 1.29 is 9.59 Å². The standard InChI is InChI=1S/C19H17NO2/c1-12(14-8-10-15(11-9-14)13(2)21)18-16-6-4-5-7-17(16)20(3)19(18)22/h4-11H,1-3H3/b18-12-. The number of benzene rings is 2. The highest BCUT2D eigenvalue weighted by atomic mass is 16.2. The molecular weight excluding hydrogens is 274 g/mol. The molecule has 0 saturated heterocycles. The summed E-state index contributed by atoms with van der Waals surface area (Å²) in [6.45, 7) is 3.50. The second-order valence-electron chi connectivity index (χ2n) is 5.51. The van der Waals surface area contributed by atoms with E-state index < -0.39 is 0 Å². The number of para-hydroxylation sites is 1. The zero-order chi connectivity index (χ0) is 15.9. The van der Waals surface area contributed by atoms with Gasteiger partial charge in [0.2, 0.25) is 0 Å². The summed E-state index contributed by atoms with van der Waals surface area (Å²) in [6, 6.07) is 15.2. The van der Waals surface area contributed by atoms with Gasteiger partial charge >= 0.3 is 0 Å². The van der Waals surface area contributed by atoms with Crippen molar-refractivity contribution >= 4 is 28.5 Å². The first-order valence-corrected chi connectivity index (χ1v) is 7.20. The maximum atomic E-state index is 12.6. The molecule has 1 aliphatic heterocycles. The van der Waals surface area contributed by atoms with Crippen LogP contribution in [0, 0.1) is 0 Å². The van der Waals surface area contributed by atoms with Gasteiger partial charge in [-0.1, -0.05) is 42.5 Å². The summed E-state index contributed by atoms with van der Waals surface area (Å²) in [5.74, 6) is 0.0493. The summed E-state index contributed by atoms with van der Waals surface area (Å²) >= 11 is 0. The highest BCUT2D eigenvalue weighted by Gasteiger charge is 2.30. The monoisotopic (exact) mass is 291 g/mol. The Morgan fingerprint density at radius 1 is 0.909 bits per heavy atom. The fourth-order valence-electron chi connectivity index (χ4n) is 2.83. The zero-order valence-electron chi connectivity index (χ0n) is 12.9. The smallest absolute Gasteiger partial charge is 0.259 e. The Balaban J connectivity index is 2.13. The van der Waals surface area contributed by atoms with Gasteiger partial charge in [0.25, 0.3) is 5.91 Å². The van der Waals surface area contributed by atoms with Gasteiger partial charge in [0.1, 0.15) is 0 Å². The number of ketones is 1. The van der Waals surface area contributed by atoms with Crippen molar-refractivity contribution in [1.82, 2.24) is 0 Å². The molecule has 0 aliphatic carbocycles. The van der Waals surface area contributed by atoms with E-state index in [4.69, 9.17) is 0 Å². The third kappa shape index (κ3) is 2.15. The number of amides is 1. The molecule has 2 aromatic carbocycles. The minimum Gasteiger partial charge on any atom is -0.311 e. The molecule has 0 radical (unpaired) electrons. The molecule has 0 N–H and O–H groups in total. The van der Waals surface area contributed by atoms with Crippen LogP contribution in [0.5, 0.6) is 0 Å². The van der Waals surface area contributed by atoms with Crippen LogP contribution in [0.25, 0.3) is 11.1 Å². The van der Waals surface area contributed by atoms with E-state index in [1.54, 1.807) is 31.0 Å². The van der Waals surface area contributed by atoms with Gasteiger partial charge in [-0.2, -0.15) is 0 Å². The van der Waals surface area contributed by atoms with Crippen LogP contribution in [0.2, 0.25) is 0 Å². The third-order valence-corrected chi connectivity index (χ3v) is 4.15. The van der Waals surface area contributed by atoms with Gasteiger partial charge in [-0.15, -0.1) is 0 Å². The second-order valence-corrected chi connectivity index (χ2v) is 5.51. The van der Waals surface area contributed by atoms with E-state index in [9.17, 15) is 9.59 Å². The summed E-state index contributed by atoms with van der Waals surface area (Å²) < 4.78 is 0. The van der Waals surface area contributed by atoms with E-state index in [1.165, 1.54) is 0 Å². The first-order chi connectivity index (χ1) is 10.5. The SMILES string of the molecule is CC(=O)c1ccc(/C(C)=C2\C(=O)N(C)c3ccccc32)cc1. The van der Waals surface area contributed by atoms with Gasteiger partial charge in [-0.05, 0) is 31.1 Å². The highest BCUT2D eigenvalue weighted by Crippen LogP contribution is 2.39. The van der Waals surface area contributed by atoms with Crippen molar-refractivity contribution in [3.63, 3.8) is 0 Å². The normalized spacial score (nSPS) is 15.8. The number of hydrogen-bond donors (Lipinski definition) is 0. The Hall–Kier alpha value is -2.68. The number of hydrogen-bond acceptors (Lipinski definition) is 2. The number of Topliss-reactive ketones (excluding diaryl/α,β-unsaturated/α-hetero) is 1. The molecule has 3 heteroatoms. The van der Waals surface area contributed by atoms with Crippen LogP contribution in [-0.4, -0.2) is 18.7 Å². The lowest BCUT2D eigenvalue weighted by molar-refractivity contribution is -0.112. The van der Waals surface area contributed by atoms with Crippen LogP contribution in [-0.2, 0) is 4.79 Å². The molecule has 0 bridgehead atoms. The van der Waals surface area contributed by atoms with Gasteiger partial charge in [0.15, 0.2) is 5.78 Å². The number of fused-ring (bicyclic) bond motifs is 1. The van der Waals surface area contributed by atoms with E-state index in [2.05, 4.69) is 0 Å². The molecule has 0 saturated carbocycles. The van der Waals surface area contributed by atoms with Crippen LogP contribution in [0.1, 0.15) is 35.3 Å². The largest absolute Gasteiger partial charge is 0.311 e. The second kappa shape index (κ2) is 5.26. The summed E-state index contributed by atoms with van der Waals surface area (Å²) in [7, 11) is 1.79. The molecule has 2 aromatic rings. The predicted molar refractivity (Wildman–Crippen MR) is 88.8 cm³/mol. The van der Waals surface area contributed by atoms with E-state index in [0.29, 0.717) is 5.56 Å². The van der Waals surface area contributed by atoms with Gasteiger partial charge < -0.3 is 4.90 Å². The molecule has 0 aromatic heterocycles. The number of nitrogens with zero attached hydrogens (tertiary/aromatic N) is 1. The lowest BCUT2D eigenvalue weighted by Crippen LogP contribution is -2.20. The number of allylic oxidation sites excluding steroid dienone is 1. The third-order valence-electron chi connectivity index (χ3n) is 4.15. The lowest BCUT2D eigenvalue weighted by atomic mass is 9.96. The van der Waals surface area contributed by atoms with Crippen molar-refractivity contribution in [2.75, 3.05) is 11.9 Å². The van der Waals surface area contributed by atoms with E-state index in [0.717, 1.165) is 28.0 Å². The van der Waals surface area contributed by atoms with Gasteiger partial charge in [0, 0.05) is 18.2 Å². The van der Waals surface area contributed by atoms with Crippen LogP contribution < -0.4 is 4.90 Å². The van der Waals surface area contributed by atoms with Crippen LogP contribution in [0.15, 0.2) is 48.5 Å². The first kappa shape index (κ1) is 14.3. The van der Waals surface area contributed by atoms with Crippen LogP contribution >= 0.6 is 0 Å². The van der Waals surface area contributed by atoms with Crippen LogP contribution in [0.3, 0.4) is 0 Å². The predicted octanol–water partition coefficient (Wildman–Crippen LogP) is 3.80. The average molecular weight is 291 g/mol. The minimum absolute atomic E-state index is 0.00865. The Morgan fingerprint density at radius 3 is 2.14 bits per heavy atom. The molecule has 0 unspecified atom stereocenters. The van der Waals surface area contributed by atoms with E-state index >= 15 is 0 Å². The summed E-state index contributed by atoms with van der Waals surface area (Å²) in [4.78, 5) is 25.6. The first-order valence-electron chi connectivity index (χ1n) is 7.20. The number of likely N-dealkylation sites (N-methyl/N-ethyl adjacent to an activating group) is 1. The van der Waals surface area contributed by atoms with Crippen molar-refractivity contribution in [1.29, 1.82) is 0 Å². The van der Waals surface area contributed by atoms with Crippen molar-refractivity contribution in [3.8, 4) is 0 Å². The van der Waals surface area contributed by atoms with E-state index in [1.807, 2.05) is 43.3 Å². The van der Waals surface area contributed by atoms with Crippen molar-refractivity contribution in [3.05, 3.63) is 65.2 Å². The average Bonchev–Trinajstić information content (AvgIpc) is 2.79. The Bertz CT molecular complexity index is 800. The Morgan fingerprint density at radius 2 is 1.50 bits per heavy atom. The van der Waals surface area contributed by atoms with Crippen LogP contribution in [0.4, 0.5) is 5.69 Å². The summed E-state index contributed by atoms with van der Waals surface area (Å²) in [5, 5.41) is 0. The van der Waals surface area contributed by atoms with Gasteiger partial charge in [-0.3, -0.25) is 9.59 Å². The molecule has 1 heterocycles. The molecule has 1 aliphatic rings. The molecule has 3 rings (SSSR count). The van der Waals surface area contributed by atoms with Crippen molar-refractivity contribution in [2.45, 2.75) is 13.8 Å². The molecule has 3 nitrogen and oxygen atoms in total. The number of rotatable bonds is 2. The fraction of sp³-hybridized carbons (Fsp3) is 0.158. The molecular formula is C19H17NO2. The number of carbonyl (C=O) groups is 2. The molecule has 0 spiro atoms. The maximum Gasteiger partial charge on any atom is 0.259 e. The minimum atomic E-state index is 0.00865. The molecule has 1 amide bonds. The number of anilines is 1. The molecule has 0 atom stereocenters. The topological polar surface area (TPSA) is 37.4 Å². The Kier molecular flexibility index (Phi) is 3.41. The lowest BCUT2D eigenvalue weighted by Gasteiger charge is -2.09. The van der Waals surface area contributed by atoms with Gasteiger partial charge in [0.05, 0.1) is 11.3 Å². The number of carbonyl (C=O) groups excluding carboxylic acids is 2. The van der Waals surface area contributed by atoms with E-state index in [-0.39, 0.29) is 11.7 Å². The summed E-state index contributed by atoms with van der Waals surface area (Å²) in [5.41, 5.74) is 5.19. The Labute approximate surface area is 129 Å². The zero-order valence-corrected chi connectivity index (χ0v) is 12.9. The molecule has 0 fully saturated rings. The quantitative estimate of drug-likeness (QED) is 0.623. The summed E-state index contributed by atoms with van der Waals surface area (Å²) in [6.07, 6.45) is 0. The highest BCUT2D eigenvalue weighted by molar-refractivity contribution is 6.37.